The molecule has 2 amide bonds. The van der Waals surface area contributed by atoms with Gasteiger partial charge in [0.05, 0.1) is 11.8 Å². The molecule has 26 heavy (non-hydrogen) atoms. The Kier molecular flexibility index (Phi) is 5.33. The summed E-state index contributed by atoms with van der Waals surface area (Å²) in [6.45, 7) is 0. The smallest absolute Gasteiger partial charge is 0.283 e. The third kappa shape index (κ3) is 3.60. The lowest BCUT2D eigenvalue weighted by Crippen LogP contribution is -2.42. The van der Waals surface area contributed by atoms with Crippen molar-refractivity contribution in [3.8, 4) is 5.69 Å². The fraction of sp³-hybridized carbons (Fsp3) is 0.0556. The fourth-order valence-corrected chi connectivity index (χ4v) is 2.90. The lowest BCUT2D eigenvalue weighted by molar-refractivity contribution is 0.0840. The maximum absolute atomic E-state index is 13.6. The van der Waals surface area contributed by atoms with Crippen molar-refractivity contribution in [1.82, 2.24) is 20.4 Å². The molecular weight excluding hydrogens is 355 g/mol. The van der Waals surface area contributed by atoms with E-state index in [1.54, 1.807) is 4.57 Å². The number of amides is 2. The van der Waals surface area contributed by atoms with E-state index >= 15 is 0 Å². The third-order valence-corrected chi connectivity index (χ3v) is 4.22. The highest BCUT2D eigenvalue weighted by atomic mass is 32.2. The van der Waals surface area contributed by atoms with Gasteiger partial charge in [-0.3, -0.25) is 25.0 Å². The molecule has 3 rings (SSSR count). The van der Waals surface area contributed by atoms with Gasteiger partial charge in [0.25, 0.3) is 11.8 Å². The van der Waals surface area contributed by atoms with Gasteiger partial charge in [-0.15, -0.1) is 0 Å². The number of thioether (sulfide) groups is 1. The summed E-state index contributed by atoms with van der Waals surface area (Å²) in [5.74, 6) is -1.98. The number of carbonyl (C=O) groups is 2. The highest BCUT2D eigenvalue weighted by Crippen LogP contribution is 2.21. The van der Waals surface area contributed by atoms with Crippen molar-refractivity contribution in [1.29, 1.82) is 0 Å². The number of rotatable bonds is 4. The Hall–Kier alpha value is -3.13. The van der Waals surface area contributed by atoms with Gasteiger partial charge in [-0.05, 0) is 30.5 Å². The zero-order chi connectivity index (χ0) is 18.5. The second-order valence-corrected chi connectivity index (χ2v) is 5.96. The predicted molar refractivity (Wildman–Crippen MR) is 96.7 cm³/mol. The van der Waals surface area contributed by atoms with Gasteiger partial charge in [0, 0.05) is 5.69 Å². The van der Waals surface area contributed by atoms with E-state index < -0.39 is 17.6 Å². The first-order valence-corrected chi connectivity index (χ1v) is 8.86. The van der Waals surface area contributed by atoms with Crippen LogP contribution in [0.5, 0.6) is 0 Å². The van der Waals surface area contributed by atoms with Crippen LogP contribution >= 0.6 is 11.8 Å². The molecule has 0 aliphatic heterocycles. The van der Waals surface area contributed by atoms with E-state index in [2.05, 4.69) is 15.8 Å². The molecule has 0 radical (unpaired) electrons. The van der Waals surface area contributed by atoms with Crippen molar-refractivity contribution >= 4 is 23.6 Å². The summed E-state index contributed by atoms with van der Waals surface area (Å²) in [6.07, 6.45) is 3.27. The minimum Gasteiger partial charge on any atom is -0.283 e. The number of benzene rings is 2. The zero-order valence-electron chi connectivity index (χ0n) is 13.8. The van der Waals surface area contributed by atoms with Gasteiger partial charge >= 0.3 is 0 Å². The molecule has 1 aromatic heterocycles. The lowest BCUT2D eigenvalue weighted by Gasteiger charge is -2.12. The number of nitrogens with one attached hydrogen (secondary N) is 2. The zero-order valence-corrected chi connectivity index (χ0v) is 14.6. The van der Waals surface area contributed by atoms with E-state index in [0.717, 1.165) is 5.69 Å². The number of imidazole rings is 1. The third-order valence-electron chi connectivity index (χ3n) is 3.57. The molecule has 0 atom stereocenters. The molecule has 0 saturated heterocycles. The first kappa shape index (κ1) is 17.7. The molecule has 1 heterocycles. The second-order valence-electron chi connectivity index (χ2n) is 5.19. The van der Waals surface area contributed by atoms with Gasteiger partial charge in [0.1, 0.15) is 11.5 Å². The molecule has 3 aromatic rings. The first-order chi connectivity index (χ1) is 12.6. The van der Waals surface area contributed by atoms with Gasteiger partial charge in [-0.1, -0.05) is 42.1 Å². The van der Waals surface area contributed by atoms with E-state index in [1.807, 2.05) is 36.6 Å². The van der Waals surface area contributed by atoms with Crippen molar-refractivity contribution in [3.63, 3.8) is 0 Å². The molecule has 132 valence electrons. The summed E-state index contributed by atoms with van der Waals surface area (Å²) in [5, 5.41) is 0.627. The van der Waals surface area contributed by atoms with Crippen molar-refractivity contribution in [2.45, 2.75) is 5.16 Å². The second kappa shape index (κ2) is 7.83. The minimum atomic E-state index is -0.743. The van der Waals surface area contributed by atoms with Crippen LogP contribution in [-0.4, -0.2) is 27.6 Å². The normalized spacial score (nSPS) is 10.4. The summed E-state index contributed by atoms with van der Waals surface area (Å²) >= 11 is 1.39. The van der Waals surface area contributed by atoms with Gasteiger partial charge in [-0.2, -0.15) is 0 Å². The Balaban J connectivity index is 1.80. The Morgan fingerprint density at radius 2 is 1.65 bits per heavy atom. The van der Waals surface area contributed by atoms with E-state index in [-0.39, 0.29) is 11.3 Å². The molecule has 0 saturated carbocycles. The number of nitrogens with zero attached hydrogens (tertiary/aromatic N) is 2. The number of hydrogen-bond donors (Lipinski definition) is 2. The van der Waals surface area contributed by atoms with Crippen LogP contribution in [0.4, 0.5) is 4.39 Å². The van der Waals surface area contributed by atoms with Crippen LogP contribution in [0.15, 0.2) is 66.0 Å². The molecule has 6 nitrogen and oxygen atoms in total. The summed E-state index contributed by atoms with van der Waals surface area (Å²) in [4.78, 5) is 28.7. The molecule has 0 fully saturated rings. The van der Waals surface area contributed by atoms with Crippen LogP contribution in [0.1, 0.15) is 20.8 Å². The molecule has 0 aliphatic rings. The van der Waals surface area contributed by atoms with Gasteiger partial charge < -0.3 is 0 Å². The van der Waals surface area contributed by atoms with E-state index in [1.165, 1.54) is 42.2 Å². The highest BCUT2D eigenvalue weighted by molar-refractivity contribution is 7.98. The Labute approximate surface area is 153 Å². The maximum atomic E-state index is 13.6. The van der Waals surface area contributed by atoms with E-state index in [4.69, 9.17) is 0 Å². The quantitative estimate of drug-likeness (QED) is 0.547. The topological polar surface area (TPSA) is 76.0 Å². The average Bonchev–Trinajstić information content (AvgIpc) is 3.11. The fourth-order valence-electron chi connectivity index (χ4n) is 2.36. The number of carbonyl (C=O) groups excluding carboxylic acids is 2. The van der Waals surface area contributed by atoms with Crippen molar-refractivity contribution in [2.24, 2.45) is 0 Å². The summed E-state index contributed by atoms with van der Waals surface area (Å²) in [5.41, 5.74) is 5.36. The summed E-state index contributed by atoms with van der Waals surface area (Å²) in [6, 6.07) is 14.8. The molecule has 0 bridgehead atoms. The molecule has 0 spiro atoms. The van der Waals surface area contributed by atoms with E-state index in [9.17, 15) is 14.0 Å². The SMILES string of the molecule is CSc1ncc(C(=O)NNC(=O)c2ccccc2F)n1-c1ccccc1. The number of aromatic nitrogens is 2. The average molecular weight is 370 g/mol. The summed E-state index contributed by atoms with van der Waals surface area (Å²) < 4.78 is 15.3. The minimum absolute atomic E-state index is 0.158. The molecule has 8 heteroatoms. The van der Waals surface area contributed by atoms with Gasteiger partial charge in [-0.25, -0.2) is 9.37 Å². The summed E-state index contributed by atoms with van der Waals surface area (Å²) in [7, 11) is 0. The number of hydrazine groups is 1. The lowest BCUT2D eigenvalue weighted by atomic mass is 10.2. The van der Waals surface area contributed by atoms with Crippen molar-refractivity contribution in [2.75, 3.05) is 6.26 Å². The maximum Gasteiger partial charge on any atom is 0.288 e. The molecule has 0 unspecified atom stereocenters. The number of halogens is 1. The van der Waals surface area contributed by atoms with Crippen LogP contribution < -0.4 is 10.9 Å². The van der Waals surface area contributed by atoms with Crippen molar-refractivity contribution < 1.29 is 14.0 Å². The largest absolute Gasteiger partial charge is 0.288 e. The van der Waals surface area contributed by atoms with Crippen LogP contribution in [0.2, 0.25) is 0 Å². The van der Waals surface area contributed by atoms with Crippen LogP contribution in [0, 0.1) is 5.82 Å². The highest BCUT2D eigenvalue weighted by Gasteiger charge is 2.19. The first-order valence-electron chi connectivity index (χ1n) is 7.64. The van der Waals surface area contributed by atoms with Crippen LogP contribution in [0.3, 0.4) is 0 Å². The predicted octanol–water partition coefficient (Wildman–Crippen LogP) is 2.81. The Morgan fingerprint density at radius 1 is 1.00 bits per heavy atom. The Morgan fingerprint density at radius 3 is 2.35 bits per heavy atom. The molecule has 2 aromatic carbocycles. The van der Waals surface area contributed by atoms with Crippen LogP contribution in [0.25, 0.3) is 5.69 Å². The number of hydrogen-bond acceptors (Lipinski definition) is 4. The standard InChI is InChI=1S/C18H15FN4O2S/c1-26-18-20-11-15(23(18)12-7-3-2-4-8-12)17(25)22-21-16(24)13-9-5-6-10-14(13)19/h2-11H,1H3,(H,21,24)(H,22,25). The Bertz CT molecular complexity index is 943. The monoisotopic (exact) mass is 370 g/mol. The van der Waals surface area contributed by atoms with E-state index in [0.29, 0.717) is 5.16 Å². The van der Waals surface area contributed by atoms with Gasteiger partial charge in [0.2, 0.25) is 0 Å². The van der Waals surface area contributed by atoms with Crippen molar-refractivity contribution in [3.05, 3.63) is 77.9 Å². The van der Waals surface area contributed by atoms with Crippen LogP contribution in [-0.2, 0) is 0 Å². The number of para-hydroxylation sites is 1. The molecular formula is C18H15FN4O2S. The van der Waals surface area contributed by atoms with Gasteiger partial charge in [0.15, 0.2) is 5.16 Å². The molecule has 0 aliphatic carbocycles. The molecule has 2 N–H and O–H groups in total.